The molecule has 1 amide bonds. The van der Waals surface area contributed by atoms with E-state index < -0.39 is 5.60 Å². The van der Waals surface area contributed by atoms with E-state index in [-0.39, 0.29) is 36.5 Å². The molecule has 2 atom stereocenters. The second kappa shape index (κ2) is 17.8. The lowest BCUT2D eigenvalue weighted by molar-refractivity contribution is -0.141. The van der Waals surface area contributed by atoms with E-state index in [1.165, 1.54) is 33.5 Å². The molecule has 2 aliphatic rings. The first-order valence-electron chi connectivity index (χ1n) is 12.5. The van der Waals surface area contributed by atoms with Gasteiger partial charge in [0.05, 0.1) is 14.2 Å². The van der Waals surface area contributed by atoms with Crippen LogP contribution in [0.25, 0.3) is 0 Å². The molecule has 9 heteroatoms. The van der Waals surface area contributed by atoms with E-state index in [4.69, 9.17) is 4.74 Å². The molecule has 2 heterocycles. The molecule has 2 fully saturated rings. The van der Waals surface area contributed by atoms with Crippen LogP contribution in [0.15, 0.2) is 0 Å². The first-order valence-corrected chi connectivity index (χ1v) is 12.5. The summed E-state index contributed by atoms with van der Waals surface area (Å²) in [6, 6.07) is 0.821. The van der Waals surface area contributed by atoms with Crippen molar-refractivity contribution in [2.45, 2.75) is 116 Å². The number of nitrogens with one attached hydrogen (secondary N) is 1. The Kier molecular flexibility index (Phi) is 17.0. The number of nitrogens with zero attached hydrogens (tertiary/aromatic N) is 1. The summed E-state index contributed by atoms with van der Waals surface area (Å²) in [5.41, 5.74) is -0.467. The van der Waals surface area contributed by atoms with Crippen LogP contribution in [-0.4, -0.2) is 67.9 Å². The average Bonchev–Trinajstić information content (AvgIpc) is 2.79. The normalized spacial score (nSPS) is 20.2. The number of hydrogen-bond acceptors (Lipinski definition) is 7. The molecule has 0 aromatic heterocycles. The minimum absolute atomic E-state index is 0. The second-order valence-corrected chi connectivity index (χ2v) is 9.91. The summed E-state index contributed by atoms with van der Waals surface area (Å²) in [4.78, 5) is 36.0. The lowest BCUT2D eigenvalue weighted by Gasteiger charge is -2.36. The summed E-state index contributed by atoms with van der Waals surface area (Å²) < 4.78 is 14.7. The maximum atomic E-state index is 12.2. The minimum atomic E-state index is -0.467. The zero-order valence-electron chi connectivity index (χ0n) is 21.9. The SMILES string of the molecule is COC(=O)CCCC1CCCCN1.COC(=O)CCCC1CCCCN1C(=O)OC(C)(C)C.Cl. The molecule has 0 aliphatic carbocycles. The van der Waals surface area contributed by atoms with Gasteiger partial charge in [-0.1, -0.05) is 6.42 Å². The van der Waals surface area contributed by atoms with Crippen LogP contribution in [-0.2, 0) is 23.8 Å². The molecule has 34 heavy (non-hydrogen) atoms. The Bertz CT molecular complexity index is 590. The Hall–Kier alpha value is -1.54. The maximum absolute atomic E-state index is 12.2. The van der Waals surface area contributed by atoms with E-state index in [1.54, 1.807) is 0 Å². The van der Waals surface area contributed by atoms with Gasteiger partial charge in [0.2, 0.25) is 0 Å². The van der Waals surface area contributed by atoms with Gasteiger partial charge >= 0.3 is 18.0 Å². The highest BCUT2D eigenvalue weighted by Gasteiger charge is 2.30. The van der Waals surface area contributed by atoms with Crippen molar-refractivity contribution >= 4 is 30.4 Å². The highest BCUT2D eigenvalue weighted by molar-refractivity contribution is 5.85. The minimum Gasteiger partial charge on any atom is -0.469 e. The topological polar surface area (TPSA) is 94.2 Å². The van der Waals surface area contributed by atoms with E-state index in [0.29, 0.717) is 18.9 Å². The number of carbonyl (C=O) groups excluding carboxylic acids is 3. The molecule has 0 aromatic rings. The lowest BCUT2D eigenvalue weighted by Crippen LogP contribution is -2.46. The van der Waals surface area contributed by atoms with Gasteiger partial charge in [0, 0.05) is 31.5 Å². The Labute approximate surface area is 212 Å². The molecule has 0 spiro atoms. The Morgan fingerprint density at radius 2 is 1.47 bits per heavy atom. The molecule has 0 bridgehead atoms. The summed E-state index contributed by atoms with van der Waals surface area (Å²) in [6.07, 6.45) is 11.4. The van der Waals surface area contributed by atoms with E-state index in [2.05, 4.69) is 14.8 Å². The summed E-state index contributed by atoms with van der Waals surface area (Å²) >= 11 is 0. The molecule has 0 aromatic carbocycles. The van der Waals surface area contributed by atoms with Crippen molar-refractivity contribution in [3.8, 4) is 0 Å². The Balaban J connectivity index is 0.000000676. The highest BCUT2D eigenvalue weighted by Crippen LogP contribution is 2.24. The Morgan fingerprint density at radius 3 is 2.00 bits per heavy atom. The zero-order chi connectivity index (χ0) is 24.7. The van der Waals surface area contributed by atoms with Crippen LogP contribution < -0.4 is 5.32 Å². The standard InChI is InChI=1S/C15H27NO4.C10H19NO2.ClH/c1-15(2,3)20-14(18)16-11-6-5-8-12(16)9-7-10-13(17)19-4;1-13-10(12)7-4-6-9-5-2-3-8-11-9;/h12H,5-11H2,1-4H3;9,11H,2-8H2,1H3;1H. The number of carbonyl (C=O) groups is 3. The van der Waals surface area contributed by atoms with Crippen LogP contribution in [0.1, 0.15) is 97.8 Å². The molecule has 1 N–H and O–H groups in total. The van der Waals surface area contributed by atoms with E-state index in [1.807, 2.05) is 25.7 Å². The van der Waals surface area contributed by atoms with Crippen LogP contribution >= 0.6 is 12.4 Å². The predicted molar refractivity (Wildman–Crippen MR) is 135 cm³/mol. The number of hydrogen-bond donors (Lipinski definition) is 1. The molecular weight excluding hydrogens is 460 g/mol. The average molecular weight is 507 g/mol. The third-order valence-electron chi connectivity index (χ3n) is 5.97. The van der Waals surface area contributed by atoms with Gasteiger partial charge in [-0.25, -0.2) is 4.79 Å². The van der Waals surface area contributed by atoms with Crippen LogP contribution in [0.2, 0.25) is 0 Å². The molecule has 8 nitrogen and oxygen atoms in total. The molecule has 2 rings (SSSR count). The number of amides is 1. The molecule has 2 aliphatic heterocycles. The van der Waals surface area contributed by atoms with Crippen LogP contribution in [0.5, 0.6) is 0 Å². The largest absolute Gasteiger partial charge is 0.469 e. The fourth-order valence-corrected chi connectivity index (χ4v) is 4.21. The second-order valence-electron chi connectivity index (χ2n) is 9.91. The van der Waals surface area contributed by atoms with Crippen molar-refractivity contribution in [3.05, 3.63) is 0 Å². The van der Waals surface area contributed by atoms with Gasteiger partial charge in [-0.05, 0) is 85.1 Å². The fraction of sp³-hybridized carbons (Fsp3) is 0.880. The molecule has 200 valence electrons. The third-order valence-corrected chi connectivity index (χ3v) is 5.97. The predicted octanol–water partition coefficient (Wildman–Crippen LogP) is 5.01. The number of esters is 2. The number of rotatable bonds is 8. The van der Waals surface area contributed by atoms with E-state index in [0.717, 1.165) is 58.0 Å². The van der Waals surface area contributed by atoms with Crippen molar-refractivity contribution < 1.29 is 28.6 Å². The first-order chi connectivity index (χ1) is 15.7. The van der Waals surface area contributed by atoms with Crippen molar-refractivity contribution in [1.29, 1.82) is 0 Å². The fourth-order valence-electron chi connectivity index (χ4n) is 4.21. The molecule has 2 unspecified atom stereocenters. The highest BCUT2D eigenvalue weighted by atomic mass is 35.5. The molecule has 0 radical (unpaired) electrons. The molecule has 0 saturated carbocycles. The lowest BCUT2D eigenvalue weighted by atomic mass is 9.97. The van der Waals surface area contributed by atoms with Crippen molar-refractivity contribution in [2.24, 2.45) is 0 Å². The van der Waals surface area contributed by atoms with Crippen molar-refractivity contribution in [3.63, 3.8) is 0 Å². The quantitative estimate of drug-likeness (QED) is 0.365. The molecular formula is C25H47ClN2O6. The van der Waals surface area contributed by atoms with Crippen molar-refractivity contribution in [1.82, 2.24) is 10.2 Å². The van der Waals surface area contributed by atoms with Gasteiger partial charge < -0.3 is 24.4 Å². The van der Waals surface area contributed by atoms with Gasteiger partial charge in [0.25, 0.3) is 0 Å². The maximum Gasteiger partial charge on any atom is 0.410 e. The number of methoxy groups -OCH3 is 2. The van der Waals surface area contributed by atoms with Gasteiger partial charge in [-0.15, -0.1) is 12.4 Å². The van der Waals surface area contributed by atoms with Crippen LogP contribution in [0.3, 0.4) is 0 Å². The van der Waals surface area contributed by atoms with Crippen LogP contribution in [0.4, 0.5) is 4.79 Å². The zero-order valence-corrected chi connectivity index (χ0v) is 22.7. The smallest absolute Gasteiger partial charge is 0.410 e. The van der Waals surface area contributed by atoms with E-state index in [9.17, 15) is 14.4 Å². The van der Waals surface area contributed by atoms with Crippen LogP contribution in [0, 0.1) is 0 Å². The number of ether oxygens (including phenoxy) is 3. The van der Waals surface area contributed by atoms with E-state index >= 15 is 0 Å². The summed E-state index contributed by atoms with van der Waals surface area (Å²) in [7, 11) is 2.84. The van der Waals surface area contributed by atoms with Gasteiger partial charge in [-0.2, -0.15) is 0 Å². The first kappa shape index (κ1) is 32.5. The van der Waals surface area contributed by atoms with Gasteiger partial charge in [0.1, 0.15) is 5.60 Å². The third kappa shape index (κ3) is 14.7. The number of halogens is 1. The summed E-state index contributed by atoms with van der Waals surface area (Å²) in [5.74, 6) is -0.277. The number of likely N-dealkylation sites (tertiary alicyclic amines) is 1. The number of piperidine rings is 2. The van der Waals surface area contributed by atoms with Gasteiger partial charge in [0.15, 0.2) is 0 Å². The van der Waals surface area contributed by atoms with Gasteiger partial charge in [-0.3, -0.25) is 9.59 Å². The monoisotopic (exact) mass is 506 g/mol. The van der Waals surface area contributed by atoms with Crippen molar-refractivity contribution in [2.75, 3.05) is 27.3 Å². The Morgan fingerprint density at radius 1 is 0.882 bits per heavy atom. The summed E-state index contributed by atoms with van der Waals surface area (Å²) in [6.45, 7) is 7.52. The molecule has 2 saturated heterocycles. The summed E-state index contributed by atoms with van der Waals surface area (Å²) in [5, 5.41) is 3.46.